The Morgan fingerprint density at radius 3 is 2.20 bits per heavy atom. The normalized spacial score (nSPS) is 12.8. The van der Waals surface area contributed by atoms with Crippen LogP contribution in [-0.2, 0) is 9.47 Å². The Balaban J connectivity index is 4.29. The van der Waals surface area contributed by atoms with Crippen LogP contribution in [0.1, 0.15) is 48.0 Å². The Morgan fingerprint density at radius 1 is 1.15 bits per heavy atom. The molecule has 2 N–H and O–H groups in total. The van der Waals surface area contributed by atoms with Gasteiger partial charge in [-0.1, -0.05) is 13.8 Å². The number of amides is 2. The van der Waals surface area contributed by atoms with Crippen LogP contribution in [0.25, 0.3) is 0 Å². The lowest BCUT2D eigenvalue weighted by molar-refractivity contribution is 0.0519. The van der Waals surface area contributed by atoms with Crippen LogP contribution in [0, 0.1) is 5.92 Å². The largest absolute Gasteiger partial charge is 0.450 e. The van der Waals surface area contributed by atoms with Gasteiger partial charge in [-0.15, -0.1) is 0 Å². The summed E-state index contributed by atoms with van der Waals surface area (Å²) in [7, 11) is 0. The first-order chi connectivity index (χ1) is 9.14. The smallest absolute Gasteiger partial charge is 0.407 e. The Morgan fingerprint density at radius 2 is 1.75 bits per heavy atom. The third kappa shape index (κ3) is 10.5. The fraction of sp³-hybridized carbons (Fsp3) is 0.857. The lowest BCUT2D eigenvalue weighted by atomic mass is 10.0. The van der Waals surface area contributed by atoms with Crippen LogP contribution in [0.5, 0.6) is 0 Å². The fourth-order valence-electron chi connectivity index (χ4n) is 1.62. The van der Waals surface area contributed by atoms with Gasteiger partial charge in [-0.05, 0) is 40.0 Å². The van der Waals surface area contributed by atoms with Crippen molar-refractivity contribution in [1.82, 2.24) is 10.6 Å². The molecule has 0 aromatic carbocycles. The standard InChI is InChI=1S/C14H28N2O4/c1-7-19-13(18)16-11(8-10(2)3)9-15-12(17)20-14(4,5)6/h10-11H,7-9H2,1-6H3,(H,15,17)(H,16,18). The molecule has 0 aliphatic carbocycles. The van der Waals surface area contributed by atoms with Crippen molar-refractivity contribution in [2.75, 3.05) is 13.2 Å². The summed E-state index contributed by atoms with van der Waals surface area (Å²) in [4.78, 5) is 23.0. The molecule has 0 aliphatic heterocycles. The third-order valence-electron chi connectivity index (χ3n) is 2.25. The molecule has 0 saturated heterocycles. The molecule has 0 saturated carbocycles. The fourth-order valence-corrected chi connectivity index (χ4v) is 1.62. The minimum absolute atomic E-state index is 0.179. The Labute approximate surface area is 121 Å². The highest BCUT2D eigenvalue weighted by atomic mass is 16.6. The maximum Gasteiger partial charge on any atom is 0.407 e. The molecule has 0 aromatic heterocycles. The Bertz CT molecular complexity index is 311. The molecule has 0 radical (unpaired) electrons. The summed E-state index contributed by atoms with van der Waals surface area (Å²) in [5.41, 5.74) is -0.536. The number of rotatable bonds is 6. The van der Waals surface area contributed by atoms with E-state index in [0.29, 0.717) is 19.1 Å². The van der Waals surface area contributed by atoms with Gasteiger partial charge >= 0.3 is 12.2 Å². The second kappa shape index (κ2) is 8.66. The zero-order valence-electron chi connectivity index (χ0n) is 13.4. The molecule has 2 amide bonds. The molecule has 0 fully saturated rings. The van der Waals surface area contributed by atoms with Crippen molar-refractivity contribution < 1.29 is 19.1 Å². The number of carbonyl (C=O) groups excluding carboxylic acids is 2. The number of hydrogen-bond acceptors (Lipinski definition) is 4. The second-order valence-electron chi connectivity index (χ2n) is 6.07. The molecule has 1 atom stereocenters. The van der Waals surface area contributed by atoms with Gasteiger partial charge in [0.25, 0.3) is 0 Å². The van der Waals surface area contributed by atoms with Gasteiger partial charge in [-0.25, -0.2) is 9.59 Å². The minimum Gasteiger partial charge on any atom is -0.450 e. The predicted octanol–water partition coefficient (Wildman–Crippen LogP) is 2.67. The highest BCUT2D eigenvalue weighted by Gasteiger charge is 2.19. The van der Waals surface area contributed by atoms with E-state index in [1.54, 1.807) is 27.7 Å². The molecule has 0 heterocycles. The molecule has 6 nitrogen and oxygen atoms in total. The minimum atomic E-state index is -0.536. The quantitative estimate of drug-likeness (QED) is 0.787. The van der Waals surface area contributed by atoms with E-state index in [0.717, 1.165) is 6.42 Å². The van der Waals surface area contributed by atoms with E-state index in [1.807, 2.05) is 13.8 Å². The first kappa shape index (κ1) is 18.5. The van der Waals surface area contributed by atoms with Crippen molar-refractivity contribution in [1.29, 1.82) is 0 Å². The summed E-state index contributed by atoms with van der Waals surface area (Å²) >= 11 is 0. The highest BCUT2D eigenvalue weighted by molar-refractivity contribution is 5.69. The van der Waals surface area contributed by atoms with Gasteiger partial charge in [-0.2, -0.15) is 0 Å². The van der Waals surface area contributed by atoms with E-state index in [4.69, 9.17) is 9.47 Å². The average molecular weight is 288 g/mol. The van der Waals surface area contributed by atoms with Gasteiger partial charge in [0.05, 0.1) is 6.61 Å². The van der Waals surface area contributed by atoms with Gasteiger partial charge < -0.3 is 20.1 Å². The summed E-state index contributed by atoms with van der Waals surface area (Å²) in [6.07, 6.45) is -0.213. The van der Waals surface area contributed by atoms with E-state index in [-0.39, 0.29) is 6.04 Å². The molecular formula is C14H28N2O4. The van der Waals surface area contributed by atoms with Crippen LogP contribution < -0.4 is 10.6 Å². The summed E-state index contributed by atoms with van der Waals surface area (Å²) in [6, 6.07) is -0.179. The molecule has 0 spiro atoms. The molecule has 0 aliphatic rings. The van der Waals surface area contributed by atoms with Crippen LogP contribution >= 0.6 is 0 Å². The molecule has 6 heteroatoms. The lowest BCUT2D eigenvalue weighted by Gasteiger charge is -2.23. The van der Waals surface area contributed by atoms with E-state index >= 15 is 0 Å². The van der Waals surface area contributed by atoms with Crippen LogP contribution in [-0.4, -0.2) is 37.0 Å². The molecule has 20 heavy (non-hydrogen) atoms. The molecule has 0 aromatic rings. The van der Waals surface area contributed by atoms with E-state index in [9.17, 15) is 9.59 Å². The number of hydrogen-bond donors (Lipinski definition) is 2. The lowest BCUT2D eigenvalue weighted by Crippen LogP contribution is -2.45. The first-order valence-corrected chi connectivity index (χ1v) is 7.04. The maximum atomic E-state index is 11.6. The Kier molecular flexibility index (Phi) is 8.03. The van der Waals surface area contributed by atoms with Crippen molar-refractivity contribution in [2.45, 2.75) is 59.6 Å². The van der Waals surface area contributed by atoms with Crippen molar-refractivity contribution >= 4 is 12.2 Å². The van der Waals surface area contributed by atoms with Crippen molar-refractivity contribution in [3.05, 3.63) is 0 Å². The van der Waals surface area contributed by atoms with E-state index < -0.39 is 17.8 Å². The predicted molar refractivity (Wildman–Crippen MR) is 77.6 cm³/mol. The Hall–Kier alpha value is -1.46. The van der Waals surface area contributed by atoms with Crippen molar-refractivity contribution in [3.8, 4) is 0 Å². The van der Waals surface area contributed by atoms with Gasteiger partial charge in [0.1, 0.15) is 5.60 Å². The number of carbonyl (C=O) groups is 2. The number of ether oxygens (including phenoxy) is 2. The van der Waals surface area contributed by atoms with Crippen molar-refractivity contribution in [2.24, 2.45) is 5.92 Å². The SMILES string of the molecule is CCOC(=O)NC(CNC(=O)OC(C)(C)C)CC(C)C. The monoisotopic (exact) mass is 288 g/mol. The van der Waals surface area contributed by atoms with Crippen LogP contribution in [0.15, 0.2) is 0 Å². The van der Waals surface area contributed by atoms with E-state index in [1.165, 1.54) is 0 Å². The summed E-state index contributed by atoms with van der Waals surface area (Å²) in [6.45, 7) is 11.9. The molecule has 118 valence electrons. The van der Waals surface area contributed by atoms with Crippen molar-refractivity contribution in [3.63, 3.8) is 0 Å². The molecular weight excluding hydrogens is 260 g/mol. The van der Waals surface area contributed by atoms with Crippen LogP contribution in [0.2, 0.25) is 0 Å². The average Bonchev–Trinajstić information content (AvgIpc) is 2.23. The van der Waals surface area contributed by atoms with Gasteiger partial charge in [-0.3, -0.25) is 0 Å². The number of alkyl carbamates (subject to hydrolysis) is 2. The van der Waals surface area contributed by atoms with Crippen LogP contribution in [0.4, 0.5) is 9.59 Å². The van der Waals surface area contributed by atoms with Gasteiger partial charge in [0.2, 0.25) is 0 Å². The van der Waals surface area contributed by atoms with Gasteiger partial charge in [0.15, 0.2) is 0 Å². The van der Waals surface area contributed by atoms with Crippen LogP contribution in [0.3, 0.4) is 0 Å². The second-order valence-corrected chi connectivity index (χ2v) is 6.07. The molecule has 0 rings (SSSR count). The summed E-state index contributed by atoms with van der Waals surface area (Å²) in [5.74, 6) is 0.391. The van der Waals surface area contributed by atoms with E-state index in [2.05, 4.69) is 10.6 Å². The highest BCUT2D eigenvalue weighted by Crippen LogP contribution is 2.07. The third-order valence-corrected chi connectivity index (χ3v) is 2.25. The number of nitrogens with one attached hydrogen (secondary N) is 2. The summed E-state index contributed by atoms with van der Waals surface area (Å²) < 4.78 is 10.00. The molecule has 0 bridgehead atoms. The zero-order chi connectivity index (χ0) is 15.8. The maximum absolute atomic E-state index is 11.6. The molecule has 1 unspecified atom stereocenters. The summed E-state index contributed by atoms with van der Waals surface area (Å²) in [5, 5.41) is 5.40. The first-order valence-electron chi connectivity index (χ1n) is 7.04. The topological polar surface area (TPSA) is 76.7 Å². The zero-order valence-corrected chi connectivity index (χ0v) is 13.4. The van der Waals surface area contributed by atoms with Gasteiger partial charge in [0, 0.05) is 12.6 Å².